The van der Waals surface area contributed by atoms with E-state index in [0.717, 1.165) is 11.3 Å². The molecule has 0 amide bonds. The minimum atomic E-state index is -1.23. The number of carboxylic acid groups (broad SMARTS) is 2. The van der Waals surface area contributed by atoms with Gasteiger partial charge in [0.15, 0.2) is 5.00 Å². The Hall–Kier alpha value is -2.55. The van der Waals surface area contributed by atoms with Crippen LogP contribution in [0.2, 0.25) is 0 Å². The molecule has 0 bridgehead atoms. The lowest BCUT2D eigenvalue weighted by Gasteiger charge is -1.94. The van der Waals surface area contributed by atoms with Gasteiger partial charge in [0.05, 0.1) is 11.4 Å². The van der Waals surface area contributed by atoms with Gasteiger partial charge in [-0.05, 0) is 26.3 Å². The number of rotatable bonds is 4. The van der Waals surface area contributed by atoms with Crippen LogP contribution in [0.3, 0.4) is 0 Å². The average molecular weight is 308 g/mol. The van der Waals surface area contributed by atoms with Crippen molar-refractivity contribution in [3.05, 3.63) is 27.4 Å². The molecule has 0 unspecified atom stereocenters. The smallest absolute Gasteiger partial charge is 0.346 e. The van der Waals surface area contributed by atoms with Crippen LogP contribution in [-0.4, -0.2) is 32.3 Å². The molecule has 8 nitrogen and oxygen atoms in total. The van der Waals surface area contributed by atoms with Crippen LogP contribution in [0.4, 0.5) is 10.7 Å². The van der Waals surface area contributed by atoms with E-state index in [1.165, 1.54) is 6.92 Å². The van der Waals surface area contributed by atoms with Gasteiger partial charge in [-0.15, -0.1) is 21.6 Å². The standard InChI is InChI=1S/C12H12N4O4S/c1-4-7(11(17)18)10(21-9(4)12(19)20)16-15-8-5(2)13-14-6(8)3/h1-3H3,(H,13,14)(H,17,18)(H,19,20). The molecule has 3 N–H and O–H groups in total. The van der Waals surface area contributed by atoms with E-state index in [1.54, 1.807) is 13.8 Å². The van der Waals surface area contributed by atoms with Crippen LogP contribution in [0.25, 0.3) is 0 Å². The molecule has 21 heavy (non-hydrogen) atoms. The summed E-state index contributed by atoms with van der Waals surface area (Å²) in [5, 5.41) is 32.9. The van der Waals surface area contributed by atoms with E-state index in [-0.39, 0.29) is 21.0 Å². The molecule has 0 saturated heterocycles. The van der Waals surface area contributed by atoms with Gasteiger partial charge in [-0.25, -0.2) is 9.59 Å². The van der Waals surface area contributed by atoms with Crippen LogP contribution < -0.4 is 0 Å². The third-order valence-electron chi connectivity index (χ3n) is 2.87. The van der Waals surface area contributed by atoms with E-state index >= 15 is 0 Å². The van der Waals surface area contributed by atoms with Crippen LogP contribution in [0.1, 0.15) is 37.0 Å². The first-order valence-electron chi connectivity index (χ1n) is 5.86. The number of nitrogens with one attached hydrogen (secondary N) is 1. The van der Waals surface area contributed by atoms with Crippen LogP contribution in [0, 0.1) is 20.8 Å². The summed E-state index contributed by atoms with van der Waals surface area (Å²) < 4.78 is 0. The van der Waals surface area contributed by atoms with Crippen LogP contribution in [-0.2, 0) is 0 Å². The van der Waals surface area contributed by atoms with Crippen molar-refractivity contribution in [3.63, 3.8) is 0 Å². The molecule has 0 aliphatic carbocycles. The monoisotopic (exact) mass is 308 g/mol. The SMILES string of the molecule is Cc1n[nH]c(C)c1N=Nc1sc(C(=O)O)c(C)c1C(=O)O. The molecule has 0 atom stereocenters. The number of carbonyl (C=O) groups is 2. The number of aryl methyl sites for hydroxylation is 2. The molecular weight excluding hydrogens is 296 g/mol. The maximum absolute atomic E-state index is 11.3. The molecule has 2 aromatic heterocycles. The number of aromatic nitrogens is 2. The summed E-state index contributed by atoms with van der Waals surface area (Å²) >= 11 is 0.785. The first kappa shape index (κ1) is 14.9. The summed E-state index contributed by atoms with van der Waals surface area (Å²) in [4.78, 5) is 22.3. The van der Waals surface area contributed by atoms with E-state index in [2.05, 4.69) is 20.4 Å². The zero-order valence-corrected chi connectivity index (χ0v) is 12.3. The van der Waals surface area contributed by atoms with Crippen molar-refractivity contribution in [3.8, 4) is 0 Å². The van der Waals surface area contributed by atoms with E-state index < -0.39 is 11.9 Å². The Balaban J connectivity index is 2.52. The Morgan fingerprint density at radius 3 is 2.29 bits per heavy atom. The van der Waals surface area contributed by atoms with Crippen molar-refractivity contribution in [2.45, 2.75) is 20.8 Å². The summed E-state index contributed by atoms with van der Waals surface area (Å²) in [5.41, 5.74) is 1.86. The van der Waals surface area contributed by atoms with Crippen LogP contribution in [0.5, 0.6) is 0 Å². The Morgan fingerprint density at radius 1 is 1.14 bits per heavy atom. The second-order valence-electron chi connectivity index (χ2n) is 4.33. The average Bonchev–Trinajstić information content (AvgIpc) is 2.88. The van der Waals surface area contributed by atoms with E-state index in [0.29, 0.717) is 17.1 Å². The van der Waals surface area contributed by atoms with Crippen molar-refractivity contribution >= 4 is 34.0 Å². The molecule has 0 aliphatic heterocycles. The maximum atomic E-state index is 11.3. The number of H-pyrrole nitrogens is 1. The van der Waals surface area contributed by atoms with Gasteiger partial charge < -0.3 is 10.2 Å². The van der Waals surface area contributed by atoms with Crippen molar-refractivity contribution in [1.29, 1.82) is 0 Å². The van der Waals surface area contributed by atoms with E-state index in [9.17, 15) is 14.7 Å². The van der Waals surface area contributed by atoms with Gasteiger partial charge in [0.2, 0.25) is 0 Å². The molecule has 9 heteroatoms. The van der Waals surface area contributed by atoms with Gasteiger partial charge in [0, 0.05) is 0 Å². The lowest BCUT2D eigenvalue weighted by Crippen LogP contribution is -2.00. The Bertz CT molecular complexity index is 740. The topological polar surface area (TPSA) is 128 Å². The largest absolute Gasteiger partial charge is 0.478 e. The molecule has 2 rings (SSSR count). The lowest BCUT2D eigenvalue weighted by atomic mass is 10.1. The first-order chi connectivity index (χ1) is 9.82. The highest BCUT2D eigenvalue weighted by molar-refractivity contribution is 7.18. The van der Waals surface area contributed by atoms with Gasteiger partial charge in [-0.3, -0.25) is 5.10 Å². The molecule has 110 valence electrons. The molecule has 2 aromatic rings. The Morgan fingerprint density at radius 2 is 1.81 bits per heavy atom. The van der Waals surface area contributed by atoms with Gasteiger partial charge in [0.25, 0.3) is 0 Å². The fourth-order valence-corrected chi connectivity index (χ4v) is 2.77. The van der Waals surface area contributed by atoms with Crippen molar-refractivity contribution in [2.75, 3.05) is 0 Å². The normalized spacial score (nSPS) is 11.2. The third-order valence-corrected chi connectivity index (χ3v) is 4.03. The summed E-state index contributed by atoms with van der Waals surface area (Å²) in [6.07, 6.45) is 0. The Kier molecular flexibility index (Phi) is 3.85. The minimum Gasteiger partial charge on any atom is -0.478 e. The second kappa shape index (κ2) is 5.44. The number of aromatic carboxylic acids is 2. The first-order valence-corrected chi connectivity index (χ1v) is 6.67. The quantitative estimate of drug-likeness (QED) is 0.747. The number of aromatic amines is 1. The van der Waals surface area contributed by atoms with Crippen molar-refractivity contribution < 1.29 is 19.8 Å². The third kappa shape index (κ3) is 2.68. The lowest BCUT2D eigenvalue weighted by molar-refractivity contribution is 0.0696. The fourth-order valence-electron chi connectivity index (χ4n) is 1.81. The van der Waals surface area contributed by atoms with E-state index in [1.807, 2.05) is 0 Å². The molecule has 0 aliphatic rings. The number of nitrogens with zero attached hydrogens (tertiary/aromatic N) is 3. The molecular formula is C12H12N4O4S. The van der Waals surface area contributed by atoms with Gasteiger partial charge in [-0.2, -0.15) is 5.10 Å². The predicted octanol–water partition coefficient (Wildman–Crippen LogP) is 3.21. The molecule has 0 radical (unpaired) electrons. The number of carboxylic acids is 2. The van der Waals surface area contributed by atoms with E-state index in [4.69, 9.17) is 5.11 Å². The summed E-state index contributed by atoms with van der Waals surface area (Å²) in [5.74, 6) is -2.41. The Labute approximate surface area is 123 Å². The van der Waals surface area contributed by atoms with Crippen molar-refractivity contribution in [1.82, 2.24) is 10.2 Å². The number of thiophene rings is 1. The number of hydrogen-bond acceptors (Lipinski definition) is 6. The summed E-state index contributed by atoms with van der Waals surface area (Å²) in [7, 11) is 0. The zero-order valence-electron chi connectivity index (χ0n) is 11.5. The van der Waals surface area contributed by atoms with Gasteiger partial charge in [0.1, 0.15) is 16.1 Å². The number of azo groups is 1. The highest BCUT2D eigenvalue weighted by Crippen LogP contribution is 2.36. The highest BCUT2D eigenvalue weighted by atomic mass is 32.1. The molecule has 0 saturated carbocycles. The fraction of sp³-hybridized carbons (Fsp3) is 0.250. The van der Waals surface area contributed by atoms with Gasteiger partial charge >= 0.3 is 11.9 Å². The predicted molar refractivity (Wildman–Crippen MR) is 75.2 cm³/mol. The van der Waals surface area contributed by atoms with Crippen molar-refractivity contribution in [2.24, 2.45) is 10.2 Å². The summed E-state index contributed by atoms with van der Waals surface area (Å²) in [6, 6.07) is 0. The minimum absolute atomic E-state index is 0.0531. The molecule has 0 spiro atoms. The maximum Gasteiger partial charge on any atom is 0.346 e. The number of hydrogen-bond donors (Lipinski definition) is 3. The van der Waals surface area contributed by atoms with Crippen LogP contribution in [0.15, 0.2) is 10.2 Å². The second-order valence-corrected chi connectivity index (χ2v) is 5.33. The summed E-state index contributed by atoms with van der Waals surface area (Å²) in [6.45, 7) is 4.93. The van der Waals surface area contributed by atoms with Crippen LogP contribution >= 0.6 is 11.3 Å². The highest BCUT2D eigenvalue weighted by Gasteiger charge is 2.24. The molecule has 0 aromatic carbocycles. The van der Waals surface area contributed by atoms with Gasteiger partial charge in [-0.1, -0.05) is 0 Å². The molecule has 2 heterocycles. The molecule has 0 fully saturated rings. The zero-order chi connectivity index (χ0) is 15.7.